The highest BCUT2D eigenvalue weighted by Crippen LogP contribution is 2.23. The number of benzene rings is 2. The van der Waals surface area contributed by atoms with Crippen LogP contribution in [0.1, 0.15) is 27.0 Å². The van der Waals surface area contributed by atoms with Gasteiger partial charge < -0.3 is 14.7 Å². The van der Waals surface area contributed by atoms with E-state index in [-0.39, 0.29) is 11.7 Å². The molecule has 0 atom stereocenters. The van der Waals surface area contributed by atoms with E-state index < -0.39 is 0 Å². The number of hydrogen-bond donors (Lipinski definition) is 0. The number of piperazine rings is 2. The molecule has 1 amide bonds. The van der Waals surface area contributed by atoms with Gasteiger partial charge in [0.2, 0.25) is 0 Å². The highest BCUT2D eigenvalue weighted by Gasteiger charge is 2.25. The van der Waals surface area contributed by atoms with Crippen molar-refractivity contribution >= 4 is 17.4 Å². The minimum absolute atomic E-state index is 0.0593. The predicted octanol–water partition coefficient (Wildman–Crippen LogP) is 3.69. The number of aromatic nitrogens is 1. The van der Waals surface area contributed by atoms with Crippen LogP contribution in [0.4, 0.5) is 15.9 Å². The number of halogens is 1. The lowest BCUT2D eigenvalue weighted by Crippen LogP contribution is -2.49. The topological polar surface area (TPSA) is 66.7 Å². The first kappa shape index (κ1) is 24.7. The Kier molecular flexibility index (Phi) is 7.33. The van der Waals surface area contributed by atoms with E-state index in [1.54, 1.807) is 6.07 Å². The lowest BCUT2D eigenvalue weighted by molar-refractivity contribution is 0.0745. The van der Waals surface area contributed by atoms with Gasteiger partial charge in [-0.2, -0.15) is 5.26 Å². The first-order valence-electron chi connectivity index (χ1n) is 12.7. The van der Waals surface area contributed by atoms with Crippen LogP contribution in [0.15, 0.2) is 60.8 Å². The summed E-state index contributed by atoms with van der Waals surface area (Å²) in [5, 5.41) is 9.43. The van der Waals surface area contributed by atoms with E-state index in [9.17, 15) is 14.4 Å². The molecule has 190 valence electrons. The summed E-state index contributed by atoms with van der Waals surface area (Å²) >= 11 is 0. The van der Waals surface area contributed by atoms with Gasteiger partial charge in [-0.25, -0.2) is 9.37 Å². The van der Waals surface area contributed by atoms with Gasteiger partial charge in [-0.15, -0.1) is 0 Å². The fourth-order valence-corrected chi connectivity index (χ4v) is 5.18. The van der Waals surface area contributed by atoms with Crippen molar-refractivity contribution in [1.29, 1.82) is 5.26 Å². The van der Waals surface area contributed by atoms with E-state index in [0.29, 0.717) is 31.7 Å². The number of hydrogen-bond acceptors (Lipinski definition) is 6. The normalized spacial score (nSPS) is 16.5. The molecule has 0 radical (unpaired) electrons. The largest absolute Gasteiger partial charge is 0.368 e. The first-order chi connectivity index (χ1) is 18.0. The van der Waals surface area contributed by atoms with E-state index in [1.807, 2.05) is 48.2 Å². The number of nitrogens with zero attached hydrogens (tertiary/aromatic N) is 6. The summed E-state index contributed by atoms with van der Waals surface area (Å²) in [6.45, 7) is 8.91. The minimum Gasteiger partial charge on any atom is -0.368 e. The molecule has 2 aromatic carbocycles. The van der Waals surface area contributed by atoms with E-state index in [1.165, 1.54) is 17.8 Å². The van der Waals surface area contributed by atoms with Crippen LogP contribution in [0.2, 0.25) is 0 Å². The van der Waals surface area contributed by atoms with Gasteiger partial charge in [-0.1, -0.05) is 24.3 Å². The second-order valence-electron chi connectivity index (χ2n) is 9.60. The van der Waals surface area contributed by atoms with Gasteiger partial charge in [0.25, 0.3) is 5.91 Å². The van der Waals surface area contributed by atoms with Crippen LogP contribution in [0, 0.1) is 24.1 Å². The Morgan fingerprint density at radius 2 is 1.65 bits per heavy atom. The van der Waals surface area contributed by atoms with Crippen molar-refractivity contribution in [2.24, 2.45) is 0 Å². The van der Waals surface area contributed by atoms with Crippen molar-refractivity contribution < 1.29 is 9.18 Å². The Bertz CT molecular complexity index is 1290. The fraction of sp³-hybridized carbons (Fsp3) is 0.345. The van der Waals surface area contributed by atoms with Crippen molar-refractivity contribution in [3.63, 3.8) is 0 Å². The maximum Gasteiger partial charge on any atom is 0.254 e. The van der Waals surface area contributed by atoms with Gasteiger partial charge in [-0.3, -0.25) is 9.69 Å². The molecule has 0 unspecified atom stereocenters. The summed E-state index contributed by atoms with van der Waals surface area (Å²) in [6.07, 6.45) is 1.23. The van der Waals surface area contributed by atoms with Crippen LogP contribution in [0.5, 0.6) is 0 Å². The van der Waals surface area contributed by atoms with Crippen LogP contribution in [0.3, 0.4) is 0 Å². The Morgan fingerprint density at radius 1 is 0.919 bits per heavy atom. The van der Waals surface area contributed by atoms with Crippen molar-refractivity contribution in [3.8, 4) is 6.07 Å². The zero-order valence-electron chi connectivity index (χ0n) is 21.1. The van der Waals surface area contributed by atoms with Crippen LogP contribution >= 0.6 is 0 Å². The molecule has 37 heavy (non-hydrogen) atoms. The Morgan fingerprint density at radius 3 is 2.35 bits per heavy atom. The Balaban J connectivity index is 1.19. The zero-order valence-corrected chi connectivity index (χ0v) is 21.1. The molecule has 7 nitrogen and oxygen atoms in total. The Labute approximate surface area is 217 Å². The quantitative estimate of drug-likeness (QED) is 0.535. The molecule has 0 N–H and O–H groups in total. The lowest BCUT2D eigenvalue weighted by Gasteiger charge is -2.37. The maximum atomic E-state index is 13.4. The van der Waals surface area contributed by atoms with E-state index in [0.717, 1.165) is 55.4 Å². The monoisotopic (exact) mass is 498 g/mol. The predicted molar refractivity (Wildman–Crippen MR) is 142 cm³/mol. The van der Waals surface area contributed by atoms with Gasteiger partial charge in [0.1, 0.15) is 17.7 Å². The fourth-order valence-electron chi connectivity index (χ4n) is 5.18. The number of anilines is 2. The lowest BCUT2D eigenvalue weighted by atomic mass is 10.00. The summed E-state index contributed by atoms with van der Waals surface area (Å²) in [6, 6.07) is 19.2. The maximum absolute atomic E-state index is 13.4. The molecular weight excluding hydrogens is 467 g/mol. The summed E-state index contributed by atoms with van der Waals surface area (Å²) in [5.41, 5.74) is 4.68. The van der Waals surface area contributed by atoms with Crippen LogP contribution < -0.4 is 9.80 Å². The molecule has 2 aliphatic rings. The average molecular weight is 499 g/mol. The number of rotatable bonds is 5. The highest BCUT2D eigenvalue weighted by atomic mass is 19.1. The van der Waals surface area contributed by atoms with Crippen LogP contribution in [-0.4, -0.2) is 73.0 Å². The minimum atomic E-state index is -0.348. The molecular formula is C29H31FN6O. The third-order valence-electron chi connectivity index (χ3n) is 7.41. The molecule has 0 aliphatic carbocycles. The van der Waals surface area contributed by atoms with E-state index in [4.69, 9.17) is 0 Å². The Hall–Kier alpha value is -3.96. The zero-order chi connectivity index (χ0) is 25.8. The number of carbonyl (C=O) groups is 1. The molecule has 3 heterocycles. The third-order valence-corrected chi connectivity index (χ3v) is 7.41. The number of amides is 1. The van der Waals surface area contributed by atoms with Gasteiger partial charge >= 0.3 is 0 Å². The summed E-state index contributed by atoms with van der Waals surface area (Å²) < 4.78 is 13.2. The van der Waals surface area contributed by atoms with Crippen LogP contribution in [0.25, 0.3) is 0 Å². The average Bonchev–Trinajstić information content (AvgIpc) is 2.95. The molecule has 0 spiro atoms. The molecule has 2 aliphatic heterocycles. The van der Waals surface area contributed by atoms with Gasteiger partial charge in [0.15, 0.2) is 0 Å². The molecule has 0 bridgehead atoms. The first-order valence-corrected chi connectivity index (χ1v) is 12.7. The van der Waals surface area contributed by atoms with Gasteiger partial charge in [0, 0.05) is 64.5 Å². The molecule has 2 saturated heterocycles. The molecule has 1 aromatic heterocycles. The van der Waals surface area contributed by atoms with Crippen molar-refractivity contribution in [3.05, 3.63) is 88.9 Å². The molecule has 5 rings (SSSR count). The summed E-state index contributed by atoms with van der Waals surface area (Å²) in [7, 11) is 0. The highest BCUT2D eigenvalue weighted by molar-refractivity contribution is 5.96. The SMILES string of the molecule is Cc1c(CN2CCN(c3ccccc3C#N)CC2)cccc1C(=O)N1CCN(c2ccc(F)cn2)CC1. The second kappa shape index (κ2) is 11.0. The summed E-state index contributed by atoms with van der Waals surface area (Å²) in [5.74, 6) is 0.450. The van der Waals surface area contributed by atoms with E-state index in [2.05, 4.69) is 31.8 Å². The molecule has 8 heteroatoms. The van der Waals surface area contributed by atoms with Gasteiger partial charge in [0.05, 0.1) is 17.4 Å². The van der Waals surface area contributed by atoms with Crippen molar-refractivity contribution in [2.75, 3.05) is 62.2 Å². The molecule has 3 aromatic rings. The standard InChI is InChI=1S/C29H31FN6O/c1-22-24(21-33-11-13-34(14-12-33)27-8-3-2-5-23(27)19-31)6-4-7-26(22)29(37)36-17-15-35(16-18-36)28-10-9-25(30)20-32-28/h2-10,20H,11-18,21H2,1H3. The number of carbonyl (C=O) groups excluding carboxylic acids is 1. The smallest absolute Gasteiger partial charge is 0.254 e. The number of para-hydroxylation sites is 1. The number of nitriles is 1. The number of pyridine rings is 1. The third kappa shape index (κ3) is 5.42. The summed E-state index contributed by atoms with van der Waals surface area (Å²) in [4.78, 5) is 26.3. The van der Waals surface area contributed by atoms with E-state index >= 15 is 0 Å². The molecule has 0 saturated carbocycles. The van der Waals surface area contributed by atoms with Crippen molar-refractivity contribution in [1.82, 2.24) is 14.8 Å². The molecule has 2 fully saturated rings. The van der Waals surface area contributed by atoms with Crippen LogP contribution in [-0.2, 0) is 6.54 Å². The second-order valence-corrected chi connectivity index (χ2v) is 9.60. The van der Waals surface area contributed by atoms with Gasteiger partial charge in [-0.05, 0) is 48.4 Å². The van der Waals surface area contributed by atoms with Crippen molar-refractivity contribution in [2.45, 2.75) is 13.5 Å².